The third-order valence-electron chi connectivity index (χ3n) is 5.19. The molecule has 0 heterocycles. The molecule has 2 aliphatic rings. The van der Waals surface area contributed by atoms with Crippen LogP contribution in [-0.2, 0) is 20.0 Å². The summed E-state index contributed by atoms with van der Waals surface area (Å²) in [5, 5.41) is 0. The van der Waals surface area contributed by atoms with Gasteiger partial charge in [0.15, 0.2) is 0 Å². The summed E-state index contributed by atoms with van der Waals surface area (Å²) in [6.07, 6.45) is 5.39. The van der Waals surface area contributed by atoms with Gasteiger partial charge in [0.05, 0.1) is 9.79 Å². The first-order valence-electron chi connectivity index (χ1n) is 8.80. The maximum atomic E-state index is 12.9. The zero-order valence-corrected chi connectivity index (χ0v) is 16.3. The van der Waals surface area contributed by atoms with Gasteiger partial charge >= 0.3 is 0 Å². The lowest BCUT2D eigenvalue weighted by atomic mass is 9.87. The summed E-state index contributed by atoms with van der Waals surface area (Å²) in [6.45, 7) is 2.19. The monoisotopic (exact) mass is 386 g/mol. The summed E-state index contributed by atoms with van der Waals surface area (Å²) in [4.78, 5) is 0.0402. The molecule has 2 fully saturated rings. The molecule has 6 nitrogen and oxygen atoms in total. The lowest BCUT2D eigenvalue weighted by Crippen LogP contribution is -2.39. The summed E-state index contributed by atoms with van der Waals surface area (Å²) in [5.74, 6) is 0.634. The summed E-state index contributed by atoms with van der Waals surface area (Å²) < 4.78 is 54.6. The normalized spacial score (nSPS) is 25.2. The van der Waals surface area contributed by atoms with Crippen molar-refractivity contribution in [3.63, 3.8) is 0 Å². The Bertz CT molecular complexity index is 824. The number of benzene rings is 1. The molecule has 140 valence electrons. The lowest BCUT2D eigenvalue weighted by Gasteiger charge is -2.32. The van der Waals surface area contributed by atoms with Gasteiger partial charge in [0, 0.05) is 19.1 Å². The molecular weight excluding hydrogens is 360 g/mol. The summed E-state index contributed by atoms with van der Waals surface area (Å²) in [6, 6.07) is 5.62. The number of hydrogen-bond donors (Lipinski definition) is 1. The zero-order valence-electron chi connectivity index (χ0n) is 14.7. The van der Waals surface area contributed by atoms with Crippen molar-refractivity contribution in [2.24, 2.45) is 5.92 Å². The predicted octanol–water partition coefficient (Wildman–Crippen LogP) is 2.33. The molecule has 1 aromatic rings. The third kappa shape index (κ3) is 4.24. The second kappa shape index (κ2) is 6.98. The molecule has 25 heavy (non-hydrogen) atoms. The van der Waals surface area contributed by atoms with E-state index in [1.54, 1.807) is 7.05 Å². The van der Waals surface area contributed by atoms with E-state index in [-0.39, 0.29) is 21.9 Å². The molecule has 0 bridgehead atoms. The molecule has 0 aliphatic heterocycles. The first-order valence-corrected chi connectivity index (χ1v) is 11.7. The zero-order chi connectivity index (χ0) is 18.2. The Labute approximate surface area is 150 Å². The van der Waals surface area contributed by atoms with E-state index >= 15 is 0 Å². The van der Waals surface area contributed by atoms with Crippen LogP contribution in [0.15, 0.2) is 34.1 Å². The fraction of sp³-hybridized carbons (Fsp3) is 0.647. The molecule has 0 atom stereocenters. The van der Waals surface area contributed by atoms with Crippen LogP contribution in [0.2, 0.25) is 0 Å². The van der Waals surface area contributed by atoms with Crippen molar-refractivity contribution in [2.45, 2.75) is 67.3 Å². The Morgan fingerprint density at radius 2 is 1.56 bits per heavy atom. The van der Waals surface area contributed by atoms with Crippen LogP contribution in [0.25, 0.3) is 0 Å². The number of nitrogens with one attached hydrogen (secondary N) is 1. The molecule has 0 spiro atoms. The van der Waals surface area contributed by atoms with Gasteiger partial charge < -0.3 is 0 Å². The SMILES string of the molecule is CC1CCC(N(C)S(=O)(=O)c2cccc(S(=O)(=O)NC3CC3)c2)CC1. The van der Waals surface area contributed by atoms with E-state index < -0.39 is 20.0 Å². The number of sulfonamides is 2. The van der Waals surface area contributed by atoms with Gasteiger partial charge in [-0.15, -0.1) is 0 Å². The van der Waals surface area contributed by atoms with Gasteiger partial charge in [0.1, 0.15) is 0 Å². The molecular formula is C17H26N2O4S2. The van der Waals surface area contributed by atoms with Crippen LogP contribution in [0.3, 0.4) is 0 Å². The Morgan fingerprint density at radius 1 is 0.960 bits per heavy atom. The second-order valence-electron chi connectivity index (χ2n) is 7.31. The van der Waals surface area contributed by atoms with Gasteiger partial charge in [-0.1, -0.05) is 13.0 Å². The average Bonchev–Trinajstić information content (AvgIpc) is 3.38. The highest BCUT2D eigenvalue weighted by Crippen LogP contribution is 2.30. The van der Waals surface area contributed by atoms with Crippen LogP contribution in [0.5, 0.6) is 0 Å². The maximum absolute atomic E-state index is 12.9. The Hall–Kier alpha value is -0.960. The largest absolute Gasteiger partial charge is 0.243 e. The molecule has 1 aromatic carbocycles. The highest BCUT2D eigenvalue weighted by atomic mass is 32.2. The molecule has 2 aliphatic carbocycles. The average molecular weight is 387 g/mol. The molecule has 1 N–H and O–H groups in total. The van der Waals surface area contributed by atoms with E-state index in [1.807, 2.05) is 0 Å². The topological polar surface area (TPSA) is 83.6 Å². The van der Waals surface area contributed by atoms with Crippen molar-refractivity contribution in [3.05, 3.63) is 24.3 Å². The summed E-state index contributed by atoms with van der Waals surface area (Å²) in [7, 11) is -5.78. The Morgan fingerprint density at radius 3 is 2.16 bits per heavy atom. The van der Waals surface area contributed by atoms with Gasteiger partial charge in [0.2, 0.25) is 20.0 Å². The minimum absolute atomic E-state index is 0.00569. The van der Waals surface area contributed by atoms with Gasteiger partial charge in [0.25, 0.3) is 0 Å². The van der Waals surface area contributed by atoms with E-state index in [9.17, 15) is 16.8 Å². The summed E-state index contributed by atoms with van der Waals surface area (Å²) >= 11 is 0. The molecule has 0 unspecified atom stereocenters. The molecule has 8 heteroatoms. The molecule has 0 amide bonds. The van der Waals surface area contributed by atoms with E-state index in [0.717, 1.165) is 38.5 Å². The van der Waals surface area contributed by atoms with Crippen molar-refractivity contribution < 1.29 is 16.8 Å². The lowest BCUT2D eigenvalue weighted by molar-refractivity contribution is 0.246. The second-order valence-corrected chi connectivity index (χ2v) is 11.0. The van der Waals surface area contributed by atoms with Crippen molar-refractivity contribution in [2.75, 3.05) is 7.05 Å². The van der Waals surface area contributed by atoms with Crippen LogP contribution in [-0.4, -0.2) is 40.3 Å². The van der Waals surface area contributed by atoms with Crippen LogP contribution in [0, 0.1) is 5.92 Å². The van der Waals surface area contributed by atoms with E-state index in [0.29, 0.717) is 5.92 Å². The molecule has 0 aromatic heterocycles. The number of nitrogens with zero attached hydrogens (tertiary/aromatic N) is 1. The van der Waals surface area contributed by atoms with Gasteiger partial charge in [-0.05, 0) is 62.6 Å². The third-order valence-corrected chi connectivity index (χ3v) is 8.62. The molecule has 0 radical (unpaired) electrons. The fourth-order valence-corrected chi connectivity index (χ4v) is 6.15. The Balaban J connectivity index is 1.83. The van der Waals surface area contributed by atoms with Crippen LogP contribution >= 0.6 is 0 Å². The quantitative estimate of drug-likeness (QED) is 0.813. The van der Waals surface area contributed by atoms with E-state index in [4.69, 9.17) is 0 Å². The van der Waals surface area contributed by atoms with Gasteiger partial charge in [-0.3, -0.25) is 0 Å². The Kier molecular flexibility index (Phi) is 5.26. The van der Waals surface area contributed by atoms with Crippen molar-refractivity contribution >= 4 is 20.0 Å². The minimum atomic E-state index is -3.71. The molecule has 0 saturated heterocycles. The minimum Gasteiger partial charge on any atom is -0.208 e. The van der Waals surface area contributed by atoms with E-state index in [1.165, 1.54) is 28.6 Å². The van der Waals surface area contributed by atoms with Crippen LogP contribution < -0.4 is 4.72 Å². The maximum Gasteiger partial charge on any atom is 0.243 e. The fourth-order valence-electron chi connectivity index (χ4n) is 3.26. The van der Waals surface area contributed by atoms with Gasteiger partial charge in [-0.25, -0.2) is 21.6 Å². The van der Waals surface area contributed by atoms with Crippen molar-refractivity contribution in [1.82, 2.24) is 9.03 Å². The predicted molar refractivity (Wildman–Crippen MR) is 96.2 cm³/mol. The van der Waals surface area contributed by atoms with Crippen molar-refractivity contribution in [3.8, 4) is 0 Å². The van der Waals surface area contributed by atoms with Crippen LogP contribution in [0.1, 0.15) is 45.4 Å². The van der Waals surface area contributed by atoms with E-state index in [2.05, 4.69) is 11.6 Å². The first-order chi connectivity index (χ1) is 11.7. The highest BCUT2D eigenvalue weighted by Gasteiger charge is 2.32. The molecule has 3 rings (SSSR count). The highest BCUT2D eigenvalue weighted by molar-refractivity contribution is 7.90. The van der Waals surface area contributed by atoms with Gasteiger partial charge in [-0.2, -0.15) is 4.31 Å². The summed E-state index contributed by atoms with van der Waals surface area (Å²) in [5.41, 5.74) is 0. The number of hydrogen-bond acceptors (Lipinski definition) is 4. The smallest absolute Gasteiger partial charge is 0.208 e. The first kappa shape index (κ1) is 18.8. The standard InChI is InChI=1S/C17H26N2O4S2/c1-13-6-10-15(11-7-13)19(2)25(22,23)17-5-3-4-16(12-17)24(20,21)18-14-8-9-14/h3-5,12-15,18H,6-11H2,1-2H3. The van der Waals surface area contributed by atoms with Crippen LogP contribution in [0.4, 0.5) is 0 Å². The number of rotatable bonds is 6. The van der Waals surface area contributed by atoms with Crippen molar-refractivity contribution in [1.29, 1.82) is 0 Å². The molecule has 2 saturated carbocycles.